The maximum Gasteiger partial charge on any atom is 0.0320 e. The molecule has 0 saturated carbocycles. The van der Waals surface area contributed by atoms with Crippen LogP contribution in [0.5, 0.6) is 0 Å². The van der Waals surface area contributed by atoms with Crippen LogP contribution >= 0.6 is 0 Å². The van der Waals surface area contributed by atoms with Crippen LogP contribution in [-0.2, 0) is 0 Å². The molecule has 3 aliphatic carbocycles. The molecule has 0 radical (unpaired) electrons. The van der Waals surface area contributed by atoms with Crippen LogP contribution in [0.25, 0.3) is 11.1 Å². The zero-order chi connectivity index (χ0) is 11.4. The fourth-order valence-electron chi connectivity index (χ4n) is 3.12. The average Bonchev–Trinajstić information content (AvgIpc) is 2.67. The number of allylic oxidation sites excluding steroid dienone is 8. The Balaban J connectivity index is 2.07. The zero-order valence-corrected chi connectivity index (χ0v) is 9.48. The van der Waals surface area contributed by atoms with E-state index in [9.17, 15) is 0 Å². The van der Waals surface area contributed by atoms with Gasteiger partial charge in [0.1, 0.15) is 0 Å². The van der Waals surface area contributed by atoms with Crippen LogP contribution in [0.4, 0.5) is 5.69 Å². The third kappa shape index (κ3) is 1.09. The van der Waals surface area contributed by atoms with Crippen molar-refractivity contribution in [3.8, 4) is 0 Å². The van der Waals surface area contributed by atoms with Crippen LogP contribution in [0.2, 0.25) is 0 Å². The van der Waals surface area contributed by atoms with Crippen molar-refractivity contribution in [1.29, 1.82) is 0 Å². The lowest BCUT2D eigenvalue weighted by Gasteiger charge is -2.21. The number of hydrogen-bond donors (Lipinski definition) is 1. The van der Waals surface area contributed by atoms with Gasteiger partial charge in [0.05, 0.1) is 0 Å². The lowest BCUT2D eigenvalue weighted by atomic mass is 9.82. The first kappa shape index (κ1) is 9.06. The monoisotopic (exact) mass is 219 g/mol. The Kier molecular flexibility index (Phi) is 1.60. The third-order valence-electron chi connectivity index (χ3n) is 3.86. The lowest BCUT2D eigenvalue weighted by Crippen LogP contribution is -2.06. The first-order valence-electron chi connectivity index (χ1n) is 6.04. The summed E-state index contributed by atoms with van der Waals surface area (Å²) in [6, 6.07) is 6.25. The van der Waals surface area contributed by atoms with E-state index >= 15 is 0 Å². The molecule has 0 bridgehead atoms. The van der Waals surface area contributed by atoms with E-state index in [1.807, 2.05) is 6.07 Å². The predicted octanol–water partition coefficient (Wildman–Crippen LogP) is 3.57. The van der Waals surface area contributed by atoms with Crippen molar-refractivity contribution in [2.45, 2.75) is 6.42 Å². The Bertz CT molecular complexity index is 641. The topological polar surface area (TPSA) is 26.0 Å². The van der Waals surface area contributed by atoms with Gasteiger partial charge in [-0.25, -0.2) is 0 Å². The summed E-state index contributed by atoms with van der Waals surface area (Å²) in [7, 11) is 0. The van der Waals surface area contributed by atoms with Crippen LogP contribution in [0.15, 0.2) is 54.2 Å². The van der Waals surface area contributed by atoms with E-state index < -0.39 is 0 Å². The van der Waals surface area contributed by atoms with Crippen molar-refractivity contribution in [3.05, 3.63) is 65.3 Å². The van der Waals surface area contributed by atoms with E-state index in [1.165, 1.54) is 27.8 Å². The number of rotatable bonds is 0. The minimum absolute atomic E-state index is 0.559. The summed E-state index contributed by atoms with van der Waals surface area (Å²) in [5.74, 6) is 0.559. The highest BCUT2D eigenvalue weighted by atomic mass is 14.5. The molecule has 1 aromatic rings. The summed E-state index contributed by atoms with van der Waals surface area (Å²) in [6.45, 7) is 0. The Morgan fingerprint density at radius 2 is 2.12 bits per heavy atom. The number of benzene rings is 1. The van der Waals surface area contributed by atoms with Gasteiger partial charge in [0.2, 0.25) is 0 Å². The van der Waals surface area contributed by atoms with Gasteiger partial charge in [-0.3, -0.25) is 0 Å². The van der Waals surface area contributed by atoms with E-state index in [0.717, 1.165) is 12.1 Å². The smallest absolute Gasteiger partial charge is 0.0320 e. The van der Waals surface area contributed by atoms with E-state index in [4.69, 9.17) is 5.73 Å². The van der Waals surface area contributed by atoms with Gasteiger partial charge in [-0.1, -0.05) is 36.4 Å². The predicted molar refractivity (Wildman–Crippen MR) is 72.1 cm³/mol. The number of anilines is 1. The number of nitrogen functional groups attached to an aromatic ring is 1. The molecule has 0 heterocycles. The van der Waals surface area contributed by atoms with Crippen molar-refractivity contribution in [1.82, 2.24) is 0 Å². The summed E-state index contributed by atoms with van der Waals surface area (Å²) >= 11 is 0. The molecule has 82 valence electrons. The summed E-state index contributed by atoms with van der Waals surface area (Å²) in [4.78, 5) is 0. The van der Waals surface area contributed by atoms with Crippen LogP contribution in [-0.4, -0.2) is 0 Å². The molecule has 1 atom stereocenters. The largest absolute Gasteiger partial charge is 0.399 e. The molecule has 1 nitrogen and oxygen atoms in total. The maximum absolute atomic E-state index is 5.91. The van der Waals surface area contributed by atoms with Gasteiger partial charge >= 0.3 is 0 Å². The van der Waals surface area contributed by atoms with Gasteiger partial charge < -0.3 is 5.73 Å². The molecule has 1 aromatic carbocycles. The summed E-state index contributed by atoms with van der Waals surface area (Å²) in [5, 5.41) is 0. The summed E-state index contributed by atoms with van der Waals surface area (Å²) in [5.41, 5.74) is 13.7. The van der Waals surface area contributed by atoms with E-state index in [-0.39, 0.29) is 0 Å². The molecule has 0 fully saturated rings. The molecule has 0 spiro atoms. The maximum atomic E-state index is 5.91. The van der Waals surface area contributed by atoms with Gasteiger partial charge in [-0.05, 0) is 46.4 Å². The van der Waals surface area contributed by atoms with Crippen LogP contribution < -0.4 is 5.73 Å². The lowest BCUT2D eigenvalue weighted by molar-refractivity contribution is 0.793. The summed E-state index contributed by atoms with van der Waals surface area (Å²) < 4.78 is 0. The Morgan fingerprint density at radius 3 is 3.06 bits per heavy atom. The minimum Gasteiger partial charge on any atom is -0.399 e. The van der Waals surface area contributed by atoms with Crippen molar-refractivity contribution >= 4 is 16.8 Å². The molecule has 1 heteroatoms. The molecule has 0 aliphatic heterocycles. The standard InChI is InChI=1S/C16H13N/c17-11-7-8-12-13-5-1-3-10-4-2-6-14(16(10)13)15(12)9-11/h1-3,5-10H,4,17H2. The van der Waals surface area contributed by atoms with Crippen LogP contribution in [0.1, 0.15) is 17.5 Å². The molecule has 4 rings (SSSR count). The van der Waals surface area contributed by atoms with E-state index in [1.54, 1.807) is 0 Å². The normalized spacial score (nSPS) is 23.5. The van der Waals surface area contributed by atoms with Crippen LogP contribution in [0, 0.1) is 5.92 Å². The van der Waals surface area contributed by atoms with E-state index in [2.05, 4.69) is 42.5 Å². The molecule has 2 N–H and O–H groups in total. The second kappa shape index (κ2) is 3.01. The number of hydrogen-bond acceptors (Lipinski definition) is 1. The molecule has 17 heavy (non-hydrogen) atoms. The van der Waals surface area contributed by atoms with Crippen molar-refractivity contribution < 1.29 is 0 Å². The molecule has 0 amide bonds. The first-order chi connectivity index (χ1) is 8.34. The second-order valence-corrected chi connectivity index (χ2v) is 4.84. The van der Waals surface area contributed by atoms with Crippen molar-refractivity contribution in [3.63, 3.8) is 0 Å². The molecule has 0 aromatic heterocycles. The molecule has 3 aliphatic rings. The zero-order valence-electron chi connectivity index (χ0n) is 9.48. The van der Waals surface area contributed by atoms with E-state index in [0.29, 0.717) is 5.92 Å². The third-order valence-corrected chi connectivity index (χ3v) is 3.86. The SMILES string of the molecule is Nc1ccc2c(c1)C1=C3C2=CC=CC3CC=C1. The minimum atomic E-state index is 0.559. The van der Waals surface area contributed by atoms with Crippen molar-refractivity contribution in [2.75, 3.05) is 5.73 Å². The van der Waals surface area contributed by atoms with Gasteiger partial charge in [0.15, 0.2) is 0 Å². The summed E-state index contributed by atoms with van der Waals surface area (Å²) in [6.07, 6.45) is 12.4. The van der Waals surface area contributed by atoms with Crippen LogP contribution in [0.3, 0.4) is 0 Å². The highest BCUT2D eigenvalue weighted by Crippen LogP contribution is 2.50. The highest BCUT2D eigenvalue weighted by Gasteiger charge is 2.31. The first-order valence-corrected chi connectivity index (χ1v) is 6.04. The molecule has 0 saturated heterocycles. The fraction of sp³-hybridized carbons (Fsp3) is 0.125. The quantitative estimate of drug-likeness (QED) is 0.663. The fourth-order valence-corrected chi connectivity index (χ4v) is 3.12. The Labute approximate surface area is 101 Å². The van der Waals surface area contributed by atoms with Gasteiger partial charge in [-0.15, -0.1) is 0 Å². The highest BCUT2D eigenvalue weighted by molar-refractivity contribution is 6.05. The van der Waals surface area contributed by atoms with Gasteiger partial charge in [0, 0.05) is 11.6 Å². The van der Waals surface area contributed by atoms with Gasteiger partial charge in [0.25, 0.3) is 0 Å². The molecular formula is C16H13N. The second-order valence-electron chi connectivity index (χ2n) is 4.84. The molecule has 1 unspecified atom stereocenters. The number of nitrogens with two attached hydrogens (primary N) is 1. The number of fused-ring (bicyclic) bond motifs is 3. The van der Waals surface area contributed by atoms with Gasteiger partial charge in [-0.2, -0.15) is 0 Å². The van der Waals surface area contributed by atoms with Crippen molar-refractivity contribution in [2.24, 2.45) is 5.92 Å². The average molecular weight is 219 g/mol. The Morgan fingerprint density at radius 1 is 1.18 bits per heavy atom. The Hall–Kier alpha value is -2.02. The molecular weight excluding hydrogens is 206 g/mol.